The number of hydrogen-bond acceptors (Lipinski definition) is 4. The molecule has 3 rings (SSSR count). The Labute approximate surface area is 226 Å². The summed E-state index contributed by atoms with van der Waals surface area (Å²) in [6.07, 6.45) is 0.943. The van der Waals surface area contributed by atoms with Gasteiger partial charge in [0.05, 0.1) is 10.6 Å². The number of rotatable bonds is 12. The Kier molecular flexibility index (Phi) is 10.1. The molecule has 0 bridgehead atoms. The molecule has 0 unspecified atom stereocenters. The zero-order valence-electron chi connectivity index (χ0n) is 22.6. The molecule has 7 nitrogen and oxygen atoms in total. The zero-order chi connectivity index (χ0) is 27.7. The van der Waals surface area contributed by atoms with Crippen LogP contribution in [0.2, 0.25) is 0 Å². The molecular weight excluding hydrogens is 498 g/mol. The van der Waals surface area contributed by atoms with Gasteiger partial charge in [-0.2, -0.15) is 0 Å². The van der Waals surface area contributed by atoms with Crippen LogP contribution in [0.1, 0.15) is 37.0 Å². The third-order valence-corrected chi connectivity index (χ3v) is 8.11. The van der Waals surface area contributed by atoms with E-state index in [1.165, 1.54) is 17.0 Å². The van der Waals surface area contributed by atoms with Crippen LogP contribution in [0.25, 0.3) is 0 Å². The second-order valence-corrected chi connectivity index (χ2v) is 11.2. The minimum atomic E-state index is -4.06. The van der Waals surface area contributed by atoms with E-state index in [2.05, 4.69) is 5.32 Å². The van der Waals surface area contributed by atoms with Gasteiger partial charge in [-0.3, -0.25) is 13.9 Å². The highest BCUT2D eigenvalue weighted by Gasteiger charge is 2.33. The van der Waals surface area contributed by atoms with E-state index in [0.29, 0.717) is 25.1 Å². The average Bonchev–Trinajstić information content (AvgIpc) is 2.90. The van der Waals surface area contributed by atoms with Gasteiger partial charge in [0.2, 0.25) is 11.8 Å². The van der Waals surface area contributed by atoms with E-state index >= 15 is 0 Å². The molecule has 3 aromatic rings. The SMILES string of the molecule is CCNC(=O)[C@H](CC)N(CCc1ccccc1)C(=O)CN(c1cc(C)cc(C)c1)S(=O)(=O)c1ccccc1. The zero-order valence-corrected chi connectivity index (χ0v) is 23.4. The molecule has 0 spiro atoms. The smallest absolute Gasteiger partial charge is 0.264 e. The lowest BCUT2D eigenvalue weighted by molar-refractivity contribution is -0.139. The van der Waals surface area contributed by atoms with Crippen molar-refractivity contribution in [2.45, 2.75) is 51.5 Å². The largest absolute Gasteiger partial charge is 0.355 e. The van der Waals surface area contributed by atoms with Crippen LogP contribution in [0, 0.1) is 13.8 Å². The molecule has 0 saturated carbocycles. The summed E-state index contributed by atoms with van der Waals surface area (Å²) < 4.78 is 28.8. The fourth-order valence-electron chi connectivity index (χ4n) is 4.53. The maximum atomic E-state index is 13.9. The summed E-state index contributed by atoms with van der Waals surface area (Å²) in [5, 5.41) is 2.82. The maximum absolute atomic E-state index is 13.9. The molecule has 1 N–H and O–H groups in total. The number of anilines is 1. The van der Waals surface area contributed by atoms with E-state index in [1.807, 2.05) is 64.1 Å². The second-order valence-electron chi connectivity index (χ2n) is 9.31. The lowest BCUT2D eigenvalue weighted by Gasteiger charge is -2.33. The van der Waals surface area contributed by atoms with Crippen molar-refractivity contribution in [2.75, 3.05) is 23.9 Å². The van der Waals surface area contributed by atoms with Crippen molar-refractivity contribution in [1.29, 1.82) is 0 Å². The predicted molar refractivity (Wildman–Crippen MR) is 152 cm³/mol. The molecule has 0 heterocycles. The van der Waals surface area contributed by atoms with Crippen LogP contribution in [0.15, 0.2) is 83.8 Å². The second kappa shape index (κ2) is 13.2. The normalized spacial score (nSPS) is 12.0. The highest BCUT2D eigenvalue weighted by Crippen LogP contribution is 2.26. The summed E-state index contributed by atoms with van der Waals surface area (Å²) in [7, 11) is -4.06. The summed E-state index contributed by atoms with van der Waals surface area (Å²) in [4.78, 5) is 28.5. The Morgan fingerprint density at radius 2 is 1.45 bits per heavy atom. The van der Waals surface area contributed by atoms with Crippen molar-refractivity contribution in [2.24, 2.45) is 0 Å². The molecular formula is C30H37N3O4S. The van der Waals surface area contributed by atoms with Crippen LogP contribution in [0.5, 0.6) is 0 Å². The van der Waals surface area contributed by atoms with Crippen molar-refractivity contribution < 1.29 is 18.0 Å². The molecule has 0 aliphatic rings. The van der Waals surface area contributed by atoms with E-state index in [-0.39, 0.29) is 17.3 Å². The first-order valence-corrected chi connectivity index (χ1v) is 14.4. The summed E-state index contributed by atoms with van der Waals surface area (Å²) >= 11 is 0. The van der Waals surface area contributed by atoms with E-state index in [1.54, 1.807) is 30.3 Å². The summed E-state index contributed by atoms with van der Waals surface area (Å²) in [5.74, 6) is -0.682. The van der Waals surface area contributed by atoms with Gasteiger partial charge >= 0.3 is 0 Å². The van der Waals surface area contributed by atoms with E-state index in [0.717, 1.165) is 21.0 Å². The molecule has 0 saturated heterocycles. The number of aryl methyl sites for hydroxylation is 2. The van der Waals surface area contributed by atoms with Crippen LogP contribution in [-0.2, 0) is 26.0 Å². The molecule has 202 valence electrons. The molecule has 3 aromatic carbocycles. The third kappa shape index (κ3) is 7.22. The van der Waals surface area contributed by atoms with Crippen molar-refractivity contribution in [3.8, 4) is 0 Å². The van der Waals surface area contributed by atoms with Gasteiger partial charge in [-0.15, -0.1) is 0 Å². The fourth-order valence-corrected chi connectivity index (χ4v) is 5.95. The number of benzene rings is 3. The molecule has 0 aliphatic carbocycles. The minimum absolute atomic E-state index is 0.0959. The first kappa shape index (κ1) is 28.9. The maximum Gasteiger partial charge on any atom is 0.264 e. The van der Waals surface area contributed by atoms with E-state index in [9.17, 15) is 18.0 Å². The van der Waals surface area contributed by atoms with Crippen LogP contribution in [0.3, 0.4) is 0 Å². The van der Waals surface area contributed by atoms with Crippen LogP contribution < -0.4 is 9.62 Å². The highest BCUT2D eigenvalue weighted by molar-refractivity contribution is 7.92. The number of sulfonamides is 1. The summed E-state index contributed by atoms with van der Waals surface area (Å²) in [6, 6.07) is 22.6. The molecule has 0 radical (unpaired) electrons. The lowest BCUT2D eigenvalue weighted by atomic mass is 10.1. The molecule has 0 aliphatic heterocycles. The Bertz CT molecular complexity index is 1310. The quantitative estimate of drug-likeness (QED) is 0.370. The minimum Gasteiger partial charge on any atom is -0.355 e. The monoisotopic (exact) mass is 535 g/mol. The first-order chi connectivity index (χ1) is 18.2. The van der Waals surface area contributed by atoms with E-state index in [4.69, 9.17) is 0 Å². The number of likely N-dealkylation sites (N-methyl/N-ethyl adjacent to an activating group) is 1. The lowest BCUT2D eigenvalue weighted by Crippen LogP contribution is -2.53. The van der Waals surface area contributed by atoms with Gasteiger partial charge < -0.3 is 10.2 Å². The van der Waals surface area contributed by atoms with Crippen molar-refractivity contribution in [3.05, 3.63) is 95.6 Å². The molecule has 0 aromatic heterocycles. The topological polar surface area (TPSA) is 86.8 Å². The third-order valence-electron chi connectivity index (χ3n) is 6.33. The Hall–Kier alpha value is -3.65. The standard InChI is InChI=1S/C30H37N3O4S/c1-5-28(30(35)31-6-2)32(18-17-25-13-9-7-10-14-25)29(34)22-33(26-20-23(3)19-24(4)21-26)38(36,37)27-15-11-8-12-16-27/h7-16,19-21,28H,5-6,17-18,22H2,1-4H3,(H,31,35)/t28-/m0/s1. The van der Waals surface area contributed by atoms with Crippen LogP contribution in [-0.4, -0.2) is 50.8 Å². The summed E-state index contributed by atoms with van der Waals surface area (Å²) in [5.41, 5.74) is 3.21. The first-order valence-electron chi connectivity index (χ1n) is 12.9. The predicted octanol–water partition coefficient (Wildman–Crippen LogP) is 4.48. The van der Waals surface area contributed by atoms with E-state index < -0.39 is 28.5 Å². The van der Waals surface area contributed by atoms with Gasteiger partial charge in [0, 0.05) is 13.1 Å². The molecule has 1 atom stereocenters. The van der Waals surface area contributed by atoms with Crippen molar-refractivity contribution in [3.63, 3.8) is 0 Å². The van der Waals surface area contributed by atoms with Gasteiger partial charge in [0.15, 0.2) is 0 Å². The Morgan fingerprint density at radius 1 is 0.868 bits per heavy atom. The molecule has 2 amide bonds. The fraction of sp³-hybridized carbons (Fsp3) is 0.333. The number of carbonyl (C=O) groups excluding carboxylic acids is 2. The van der Waals surface area contributed by atoms with Crippen molar-refractivity contribution in [1.82, 2.24) is 10.2 Å². The van der Waals surface area contributed by atoms with Gasteiger partial charge in [0.25, 0.3) is 10.0 Å². The molecule has 38 heavy (non-hydrogen) atoms. The highest BCUT2D eigenvalue weighted by atomic mass is 32.2. The number of hydrogen-bond donors (Lipinski definition) is 1. The molecule has 8 heteroatoms. The van der Waals surface area contributed by atoms with Gasteiger partial charge in [-0.1, -0.05) is 61.5 Å². The van der Waals surface area contributed by atoms with Crippen molar-refractivity contribution >= 4 is 27.5 Å². The summed E-state index contributed by atoms with van der Waals surface area (Å²) in [6.45, 7) is 7.75. The average molecular weight is 536 g/mol. The van der Waals surface area contributed by atoms with Crippen LogP contribution in [0.4, 0.5) is 5.69 Å². The van der Waals surface area contributed by atoms with Gasteiger partial charge in [-0.05, 0) is 74.6 Å². The number of nitrogens with zero attached hydrogens (tertiary/aromatic N) is 2. The van der Waals surface area contributed by atoms with Crippen LogP contribution >= 0.6 is 0 Å². The van der Waals surface area contributed by atoms with Gasteiger partial charge in [0.1, 0.15) is 12.6 Å². The Morgan fingerprint density at radius 3 is 2.00 bits per heavy atom. The Balaban J connectivity index is 2.02. The molecule has 0 fully saturated rings. The van der Waals surface area contributed by atoms with Gasteiger partial charge in [-0.25, -0.2) is 8.42 Å². The number of amides is 2. The number of carbonyl (C=O) groups is 2. The number of nitrogens with one attached hydrogen (secondary N) is 1.